The SMILES string of the molecule is Cn1nccc1C(=O)O[C@@H]1CCCN(Cc2ccccc2)C1. The molecule has 1 aromatic heterocycles. The number of piperidine rings is 1. The Labute approximate surface area is 130 Å². The maximum absolute atomic E-state index is 12.2. The van der Waals surface area contributed by atoms with Crippen molar-refractivity contribution in [3.05, 3.63) is 53.9 Å². The Morgan fingerprint density at radius 2 is 2.14 bits per heavy atom. The fourth-order valence-electron chi connectivity index (χ4n) is 2.88. The van der Waals surface area contributed by atoms with Crippen LogP contribution in [0.4, 0.5) is 0 Å². The molecule has 0 N–H and O–H groups in total. The Bertz CT molecular complexity index is 624. The van der Waals surface area contributed by atoms with Crippen molar-refractivity contribution in [2.24, 2.45) is 7.05 Å². The summed E-state index contributed by atoms with van der Waals surface area (Å²) < 4.78 is 7.19. The molecular weight excluding hydrogens is 278 g/mol. The molecule has 0 saturated carbocycles. The molecule has 0 radical (unpaired) electrons. The number of esters is 1. The van der Waals surface area contributed by atoms with Crippen LogP contribution in [-0.2, 0) is 18.3 Å². The van der Waals surface area contributed by atoms with Gasteiger partial charge in [0.1, 0.15) is 11.8 Å². The van der Waals surface area contributed by atoms with Gasteiger partial charge in [0.2, 0.25) is 0 Å². The van der Waals surface area contributed by atoms with Gasteiger partial charge in [0.25, 0.3) is 0 Å². The van der Waals surface area contributed by atoms with Crippen LogP contribution in [0.1, 0.15) is 28.9 Å². The van der Waals surface area contributed by atoms with E-state index in [-0.39, 0.29) is 12.1 Å². The van der Waals surface area contributed by atoms with Crippen molar-refractivity contribution in [1.82, 2.24) is 14.7 Å². The highest BCUT2D eigenvalue weighted by Crippen LogP contribution is 2.17. The van der Waals surface area contributed by atoms with E-state index < -0.39 is 0 Å². The summed E-state index contributed by atoms with van der Waals surface area (Å²) in [5.74, 6) is -0.286. The second-order valence-corrected chi connectivity index (χ2v) is 5.73. The van der Waals surface area contributed by atoms with Crippen LogP contribution >= 0.6 is 0 Å². The molecule has 2 aromatic rings. The third kappa shape index (κ3) is 3.54. The van der Waals surface area contributed by atoms with E-state index in [9.17, 15) is 4.79 Å². The number of likely N-dealkylation sites (tertiary alicyclic amines) is 1. The van der Waals surface area contributed by atoms with Crippen LogP contribution in [0.15, 0.2) is 42.6 Å². The van der Waals surface area contributed by atoms with Crippen molar-refractivity contribution >= 4 is 5.97 Å². The summed E-state index contributed by atoms with van der Waals surface area (Å²) in [7, 11) is 1.75. The number of ether oxygens (including phenoxy) is 1. The molecule has 1 aromatic carbocycles. The topological polar surface area (TPSA) is 47.4 Å². The Hall–Kier alpha value is -2.14. The summed E-state index contributed by atoms with van der Waals surface area (Å²) in [6, 6.07) is 12.1. The molecule has 1 fully saturated rings. The molecule has 1 aliphatic heterocycles. The monoisotopic (exact) mass is 299 g/mol. The van der Waals surface area contributed by atoms with Crippen molar-refractivity contribution in [2.75, 3.05) is 13.1 Å². The summed E-state index contributed by atoms with van der Waals surface area (Å²) in [5, 5.41) is 4.01. The number of carbonyl (C=O) groups is 1. The Kier molecular flexibility index (Phi) is 4.53. The van der Waals surface area contributed by atoms with Crippen molar-refractivity contribution in [1.29, 1.82) is 0 Å². The van der Waals surface area contributed by atoms with Gasteiger partial charge in [0.15, 0.2) is 0 Å². The quantitative estimate of drug-likeness (QED) is 0.812. The number of hydrogen-bond donors (Lipinski definition) is 0. The van der Waals surface area contributed by atoms with E-state index in [1.165, 1.54) is 5.56 Å². The van der Waals surface area contributed by atoms with Gasteiger partial charge in [-0.15, -0.1) is 0 Å². The van der Waals surface area contributed by atoms with Gasteiger partial charge in [0, 0.05) is 26.3 Å². The van der Waals surface area contributed by atoms with Crippen molar-refractivity contribution < 1.29 is 9.53 Å². The number of benzene rings is 1. The molecule has 0 spiro atoms. The minimum Gasteiger partial charge on any atom is -0.456 e. The average Bonchev–Trinajstić information content (AvgIpc) is 2.95. The number of aromatic nitrogens is 2. The van der Waals surface area contributed by atoms with E-state index in [0.29, 0.717) is 5.69 Å². The predicted octanol–water partition coefficient (Wildman–Crippen LogP) is 2.24. The van der Waals surface area contributed by atoms with Gasteiger partial charge >= 0.3 is 5.97 Å². The Balaban J connectivity index is 1.57. The largest absolute Gasteiger partial charge is 0.456 e. The molecular formula is C17H21N3O2. The zero-order valence-electron chi connectivity index (χ0n) is 12.8. The van der Waals surface area contributed by atoms with Crippen LogP contribution in [0.5, 0.6) is 0 Å². The summed E-state index contributed by atoms with van der Waals surface area (Å²) in [4.78, 5) is 14.5. The molecule has 22 heavy (non-hydrogen) atoms. The number of aryl methyl sites for hydroxylation is 1. The molecule has 3 rings (SSSR count). The molecule has 5 nitrogen and oxygen atoms in total. The molecule has 116 valence electrons. The summed E-state index contributed by atoms with van der Waals surface area (Å²) in [6.07, 6.45) is 3.55. The fourth-order valence-corrected chi connectivity index (χ4v) is 2.88. The lowest BCUT2D eigenvalue weighted by Gasteiger charge is -2.32. The second kappa shape index (κ2) is 6.75. The molecule has 0 aliphatic carbocycles. The van der Waals surface area contributed by atoms with Crippen LogP contribution in [0.3, 0.4) is 0 Å². The third-order valence-electron chi connectivity index (χ3n) is 4.02. The molecule has 1 atom stereocenters. The molecule has 5 heteroatoms. The highest BCUT2D eigenvalue weighted by Gasteiger charge is 2.24. The van der Waals surface area contributed by atoms with Crippen LogP contribution in [0.2, 0.25) is 0 Å². The van der Waals surface area contributed by atoms with Gasteiger partial charge in [0.05, 0.1) is 0 Å². The highest BCUT2D eigenvalue weighted by atomic mass is 16.5. The van der Waals surface area contributed by atoms with Crippen LogP contribution in [-0.4, -0.2) is 39.8 Å². The lowest BCUT2D eigenvalue weighted by molar-refractivity contribution is 0.00458. The van der Waals surface area contributed by atoms with Gasteiger partial charge < -0.3 is 4.74 Å². The van der Waals surface area contributed by atoms with Gasteiger partial charge in [-0.05, 0) is 31.0 Å². The first-order valence-electron chi connectivity index (χ1n) is 7.67. The number of carbonyl (C=O) groups excluding carboxylic acids is 1. The number of rotatable bonds is 4. The fraction of sp³-hybridized carbons (Fsp3) is 0.412. The van der Waals surface area contributed by atoms with Crippen molar-refractivity contribution in [2.45, 2.75) is 25.5 Å². The van der Waals surface area contributed by atoms with Crippen molar-refractivity contribution in [3.63, 3.8) is 0 Å². The van der Waals surface area contributed by atoms with Gasteiger partial charge in [-0.25, -0.2) is 4.79 Å². The maximum Gasteiger partial charge on any atom is 0.356 e. The van der Waals surface area contributed by atoms with Gasteiger partial charge in [-0.1, -0.05) is 30.3 Å². The third-order valence-corrected chi connectivity index (χ3v) is 4.02. The van der Waals surface area contributed by atoms with Crippen LogP contribution in [0.25, 0.3) is 0 Å². The normalized spacial score (nSPS) is 19.0. The lowest BCUT2D eigenvalue weighted by atomic mass is 10.1. The summed E-state index contributed by atoms with van der Waals surface area (Å²) >= 11 is 0. The predicted molar refractivity (Wildman–Crippen MR) is 83.4 cm³/mol. The summed E-state index contributed by atoms with van der Waals surface area (Å²) in [6.45, 7) is 2.74. The van der Waals surface area contributed by atoms with Crippen LogP contribution < -0.4 is 0 Å². The average molecular weight is 299 g/mol. The van der Waals surface area contributed by atoms with E-state index in [4.69, 9.17) is 4.74 Å². The van der Waals surface area contributed by atoms with E-state index in [1.807, 2.05) is 6.07 Å². The smallest absolute Gasteiger partial charge is 0.356 e. The number of nitrogens with zero attached hydrogens (tertiary/aromatic N) is 3. The zero-order chi connectivity index (χ0) is 15.4. The van der Waals surface area contributed by atoms with E-state index in [1.54, 1.807) is 24.0 Å². The highest BCUT2D eigenvalue weighted by molar-refractivity contribution is 5.87. The molecule has 0 unspecified atom stereocenters. The molecule has 0 amide bonds. The van der Waals surface area contributed by atoms with E-state index in [0.717, 1.165) is 32.5 Å². The Morgan fingerprint density at radius 3 is 2.86 bits per heavy atom. The number of hydrogen-bond acceptors (Lipinski definition) is 4. The zero-order valence-corrected chi connectivity index (χ0v) is 12.8. The first-order valence-corrected chi connectivity index (χ1v) is 7.67. The Morgan fingerprint density at radius 1 is 1.32 bits per heavy atom. The minimum absolute atomic E-state index is 0.0418. The lowest BCUT2D eigenvalue weighted by Crippen LogP contribution is -2.40. The van der Waals surface area contributed by atoms with Crippen LogP contribution in [0, 0.1) is 0 Å². The standard InChI is InChI=1S/C17H21N3O2/c1-19-16(9-10-18-19)17(21)22-15-8-5-11-20(13-15)12-14-6-3-2-4-7-14/h2-4,6-7,9-10,15H,5,8,11-13H2,1H3/t15-/m1/s1. The summed E-state index contributed by atoms with van der Waals surface area (Å²) in [5.41, 5.74) is 1.79. The first kappa shape index (κ1) is 14.8. The van der Waals surface area contributed by atoms with E-state index in [2.05, 4.69) is 34.3 Å². The van der Waals surface area contributed by atoms with Gasteiger partial charge in [-0.3, -0.25) is 9.58 Å². The minimum atomic E-state index is -0.286. The molecule has 2 heterocycles. The first-order chi connectivity index (χ1) is 10.7. The second-order valence-electron chi connectivity index (χ2n) is 5.73. The van der Waals surface area contributed by atoms with Gasteiger partial charge in [-0.2, -0.15) is 5.10 Å². The molecule has 0 bridgehead atoms. The molecule has 1 aliphatic rings. The van der Waals surface area contributed by atoms with E-state index >= 15 is 0 Å². The molecule has 1 saturated heterocycles. The van der Waals surface area contributed by atoms with Crippen molar-refractivity contribution in [3.8, 4) is 0 Å². The maximum atomic E-state index is 12.2.